The van der Waals surface area contributed by atoms with Crippen LogP contribution in [0.3, 0.4) is 0 Å². The molecule has 0 aromatic carbocycles. The molecule has 0 saturated heterocycles. The molecule has 0 unspecified atom stereocenters. The lowest BCUT2D eigenvalue weighted by molar-refractivity contribution is -0.130. The van der Waals surface area contributed by atoms with Crippen molar-refractivity contribution >= 4 is 11.8 Å². The number of aromatic nitrogens is 2. The van der Waals surface area contributed by atoms with E-state index in [1.165, 1.54) is 12.8 Å². The van der Waals surface area contributed by atoms with E-state index in [1.807, 2.05) is 25.8 Å². The van der Waals surface area contributed by atoms with Gasteiger partial charge in [0.1, 0.15) is 0 Å². The first-order chi connectivity index (χ1) is 12.7. The summed E-state index contributed by atoms with van der Waals surface area (Å²) in [4.78, 5) is 28.8. The van der Waals surface area contributed by atoms with Crippen molar-refractivity contribution in [3.63, 3.8) is 0 Å². The molecule has 7 heteroatoms. The van der Waals surface area contributed by atoms with E-state index in [0.717, 1.165) is 30.8 Å². The van der Waals surface area contributed by atoms with Crippen LogP contribution in [0.15, 0.2) is 6.07 Å². The van der Waals surface area contributed by atoms with Crippen molar-refractivity contribution in [2.24, 2.45) is 13.0 Å². The molecular weight excluding hydrogens is 342 g/mol. The fourth-order valence-electron chi connectivity index (χ4n) is 3.75. The minimum absolute atomic E-state index is 0.0649. The molecule has 0 N–H and O–H groups in total. The predicted molar refractivity (Wildman–Crippen MR) is 106 cm³/mol. The molecule has 1 aliphatic carbocycles. The van der Waals surface area contributed by atoms with Crippen molar-refractivity contribution in [3.05, 3.63) is 17.5 Å². The van der Waals surface area contributed by atoms with E-state index >= 15 is 0 Å². The number of nitrogens with zero attached hydrogens (tertiary/aromatic N) is 5. The summed E-state index contributed by atoms with van der Waals surface area (Å²) in [5, 5.41) is 4.71. The quantitative estimate of drug-likeness (QED) is 0.726. The van der Waals surface area contributed by atoms with Gasteiger partial charge in [0.2, 0.25) is 11.8 Å². The summed E-state index contributed by atoms with van der Waals surface area (Å²) in [7, 11) is 9.41. The largest absolute Gasteiger partial charge is 0.348 e. The maximum atomic E-state index is 11.8. The SMILES string of the molecule is CC(=O)N(C)Cc1cc(C2CCC(CN(C)CC(=O)N(C)C)CC2)nn1C. The maximum absolute atomic E-state index is 11.8. The lowest BCUT2D eigenvalue weighted by Gasteiger charge is -2.30. The van der Waals surface area contributed by atoms with Gasteiger partial charge in [0.05, 0.1) is 24.5 Å². The molecule has 0 bridgehead atoms. The topological polar surface area (TPSA) is 61.7 Å². The van der Waals surface area contributed by atoms with Gasteiger partial charge in [0.15, 0.2) is 0 Å². The Labute approximate surface area is 163 Å². The summed E-state index contributed by atoms with van der Waals surface area (Å²) in [5.74, 6) is 1.36. The van der Waals surface area contributed by atoms with Crippen molar-refractivity contribution in [2.45, 2.75) is 45.1 Å². The zero-order valence-corrected chi connectivity index (χ0v) is 17.7. The van der Waals surface area contributed by atoms with Crippen LogP contribution in [-0.2, 0) is 23.2 Å². The number of hydrogen-bond acceptors (Lipinski definition) is 4. The van der Waals surface area contributed by atoms with E-state index in [9.17, 15) is 9.59 Å². The Morgan fingerprint density at radius 2 is 1.78 bits per heavy atom. The first-order valence-corrected chi connectivity index (χ1v) is 9.80. The molecule has 1 fully saturated rings. The number of amides is 2. The third-order valence-electron chi connectivity index (χ3n) is 5.67. The molecule has 1 aliphatic rings. The second-order valence-electron chi connectivity index (χ2n) is 8.26. The van der Waals surface area contributed by atoms with E-state index < -0.39 is 0 Å². The number of likely N-dealkylation sites (N-methyl/N-ethyl adjacent to an activating group) is 2. The molecule has 1 aromatic rings. The molecule has 1 saturated carbocycles. The smallest absolute Gasteiger partial charge is 0.236 e. The van der Waals surface area contributed by atoms with E-state index in [2.05, 4.69) is 11.0 Å². The summed E-state index contributed by atoms with van der Waals surface area (Å²) < 4.78 is 1.90. The standard InChI is InChI=1S/C20H35N5O2/c1-15(26)24(5)13-18-11-19(21-25(18)6)17-9-7-16(8-10-17)12-23(4)14-20(27)22(2)3/h11,16-17H,7-10,12-14H2,1-6H3. The highest BCUT2D eigenvalue weighted by molar-refractivity contribution is 5.77. The van der Waals surface area contributed by atoms with Crippen LogP contribution < -0.4 is 0 Å². The van der Waals surface area contributed by atoms with Gasteiger partial charge in [0, 0.05) is 47.6 Å². The van der Waals surface area contributed by atoms with Gasteiger partial charge in [-0.15, -0.1) is 0 Å². The van der Waals surface area contributed by atoms with E-state index in [-0.39, 0.29) is 11.8 Å². The van der Waals surface area contributed by atoms with Gasteiger partial charge in [-0.2, -0.15) is 5.10 Å². The molecule has 1 heterocycles. The molecule has 2 amide bonds. The van der Waals surface area contributed by atoms with Crippen LogP contribution in [0.1, 0.15) is 49.9 Å². The van der Waals surface area contributed by atoms with Gasteiger partial charge in [-0.25, -0.2) is 0 Å². The van der Waals surface area contributed by atoms with Gasteiger partial charge < -0.3 is 9.80 Å². The van der Waals surface area contributed by atoms with Crippen LogP contribution in [0.4, 0.5) is 0 Å². The Bertz CT molecular complexity index is 647. The second kappa shape index (κ2) is 9.35. The molecule has 27 heavy (non-hydrogen) atoms. The van der Waals surface area contributed by atoms with Crippen LogP contribution in [0.25, 0.3) is 0 Å². The molecule has 2 rings (SSSR count). The van der Waals surface area contributed by atoms with Gasteiger partial charge in [0.25, 0.3) is 0 Å². The molecule has 7 nitrogen and oxygen atoms in total. The molecule has 0 radical (unpaired) electrons. The normalized spacial score (nSPS) is 20.0. The highest BCUT2D eigenvalue weighted by atomic mass is 16.2. The Morgan fingerprint density at radius 1 is 1.15 bits per heavy atom. The Kier molecular flexibility index (Phi) is 7.41. The summed E-state index contributed by atoms with van der Waals surface area (Å²) in [5.41, 5.74) is 2.23. The Hall–Kier alpha value is -1.89. The first kappa shape index (κ1) is 21.4. The molecule has 0 aliphatic heterocycles. The number of carbonyl (C=O) groups is 2. The lowest BCUT2D eigenvalue weighted by Crippen LogP contribution is -2.37. The Balaban J connectivity index is 1.85. The molecule has 0 spiro atoms. The molecule has 152 valence electrons. The van der Waals surface area contributed by atoms with Crippen LogP contribution in [0, 0.1) is 5.92 Å². The maximum Gasteiger partial charge on any atom is 0.236 e. The highest BCUT2D eigenvalue weighted by Gasteiger charge is 2.26. The van der Waals surface area contributed by atoms with Gasteiger partial charge in [-0.1, -0.05) is 0 Å². The van der Waals surface area contributed by atoms with E-state index in [0.29, 0.717) is 24.9 Å². The second-order valence-corrected chi connectivity index (χ2v) is 8.26. The molecule has 1 aromatic heterocycles. The van der Waals surface area contributed by atoms with Gasteiger partial charge >= 0.3 is 0 Å². The lowest BCUT2D eigenvalue weighted by atomic mass is 9.80. The number of rotatable bonds is 7. The average Bonchev–Trinajstić information content (AvgIpc) is 2.95. The van der Waals surface area contributed by atoms with Crippen LogP contribution in [0.5, 0.6) is 0 Å². The zero-order valence-electron chi connectivity index (χ0n) is 17.7. The molecular formula is C20H35N5O2. The minimum Gasteiger partial charge on any atom is -0.348 e. The van der Waals surface area contributed by atoms with E-state index in [4.69, 9.17) is 5.10 Å². The minimum atomic E-state index is 0.0649. The third-order valence-corrected chi connectivity index (χ3v) is 5.67. The third kappa shape index (κ3) is 6.06. The van der Waals surface area contributed by atoms with Crippen LogP contribution in [0.2, 0.25) is 0 Å². The van der Waals surface area contributed by atoms with Crippen molar-refractivity contribution < 1.29 is 9.59 Å². The summed E-state index contributed by atoms with van der Waals surface area (Å²) in [6, 6.07) is 2.16. The fourth-order valence-corrected chi connectivity index (χ4v) is 3.75. The van der Waals surface area contributed by atoms with Crippen LogP contribution in [-0.4, -0.2) is 77.6 Å². The monoisotopic (exact) mass is 377 g/mol. The number of aryl methyl sites for hydroxylation is 1. The molecule has 0 atom stereocenters. The Morgan fingerprint density at radius 3 is 2.33 bits per heavy atom. The summed E-state index contributed by atoms with van der Waals surface area (Å²) in [6.07, 6.45) is 4.62. The van der Waals surface area contributed by atoms with Crippen molar-refractivity contribution in [3.8, 4) is 0 Å². The number of carbonyl (C=O) groups excluding carboxylic acids is 2. The number of hydrogen-bond donors (Lipinski definition) is 0. The zero-order chi connectivity index (χ0) is 20.1. The van der Waals surface area contributed by atoms with Crippen molar-refractivity contribution in [2.75, 3.05) is 41.3 Å². The van der Waals surface area contributed by atoms with E-state index in [1.54, 1.807) is 30.8 Å². The average molecular weight is 378 g/mol. The van der Waals surface area contributed by atoms with Crippen LogP contribution >= 0.6 is 0 Å². The highest BCUT2D eigenvalue weighted by Crippen LogP contribution is 2.35. The summed E-state index contributed by atoms with van der Waals surface area (Å²) >= 11 is 0. The van der Waals surface area contributed by atoms with Gasteiger partial charge in [-0.3, -0.25) is 19.2 Å². The fraction of sp³-hybridized carbons (Fsp3) is 0.750. The van der Waals surface area contributed by atoms with Crippen molar-refractivity contribution in [1.29, 1.82) is 0 Å². The van der Waals surface area contributed by atoms with Crippen molar-refractivity contribution in [1.82, 2.24) is 24.5 Å². The first-order valence-electron chi connectivity index (χ1n) is 9.80. The summed E-state index contributed by atoms with van der Waals surface area (Å²) in [6.45, 7) is 3.64. The van der Waals surface area contributed by atoms with Gasteiger partial charge in [-0.05, 0) is 44.7 Å². The predicted octanol–water partition coefficient (Wildman–Crippen LogP) is 1.69.